The second-order valence-electron chi connectivity index (χ2n) is 3.17. The minimum Gasteiger partial charge on any atom is -0.282 e. The molecular weight excluding hydrogens is 201 g/mol. The van der Waals surface area contributed by atoms with E-state index in [1.807, 2.05) is 0 Å². The van der Waals surface area contributed by atoms with Crippen molar-refractivity contribution < 1.29 is 13.2 Å². The first-order valence-electron chi connectivity index (χ1n) is 4.04. The highest BCUT2D eigenvalue weighted by Gasteiger charge is 2.43. The summed E-state index contributed by atoms with van der Waals surface area (Å²) in [5.74, 6) is 0.460. The molecule has 0 spiro atoms. The van der Waals surface area contributed by atoms with E-state index >= 15 is 0 Å². The molecule has 13 heavy (non-hydrogen) atoms. The third-order valence-corrected chi connectivity index (χ3v) is 3.17. The largest absolute Gasteiger partial charge is 0.288 e. The molecule has 2 nitrogen and oxygen atoms in total. The van der Waals surface area contributed by atoms with Gasteiger partial charge in [-0.3, -0.25) is 9.40 Å². The summed E-state index contributed by atoms with van der Waals surface area (Å²) in [6.07, 6.45) is -1.74. The van der Waals surface area contributed by atoms with Gasteiger partial charge in [0.2, 0.25) is 0 Å². The maximum Gasteiger partial charge on any atom is 0.288 e. The summed E-state index contributed by atoms with van der Waals surface area (Å²) in [6, 6.07) is 0.0637. The molecule has 0 aromatic carbocycles. The molecule has 0 bridgehead atoms. The van der Waals surface area contributed by atoms with E-state index in [9.17, 15) is 13.2 Å². The van der Waals surface area contributed by atoms with Gasteiger partial charge in [0, 0.05) is 5.92 Å². The highest BCUT2D eigenvalue weighted by atomic mass is 32.2. The summed E-state index contributed by atoms with van der Waals surface area (Å²) >= 11 is 1.04. The summed E-state index contributed by atoms with van der Waals surface area (Å²) in [4.78, 5) is 0. The molecule has 1 saturated carbocycles. The Hall–Kier alpha value is -0.390. The number of nitrogens with zero attached hydrogens (tertiary/aromatic N) is 2. The normalized spacial score (nSPS) is 32.6. The van der Waals surface area contributed by atoms with Crippen molar-refractivity contribution in [3.63, 3.8) is 0 Å². The highest BCUT2D eigenvalue weighted by molar-refractivity contribution is 8.14. The van der Waals surface area contributed by atoms with Gasteiger partial charge in [0.25, 0.3) is 6.43 Å². The van der Waals surface area contributed by atoms with Gasteiger partial charge in [0.1, 0.15) is 0 Å². The molecule has 0 aromatic heterocycles. The van der Waals surface area contributed by atoms with E-state index in [1.165, 1.54) is 0 Å². The standard InChI is InChI=1S/C7H9F3N2S/c8-2-4-1-5(4)12-3-13-7(11-12)6(9)10/h4-6H,1-3H2. The van der Waals surface area contributed by atoms with Crippen LogP contribution in [0, 0.1) is 5.92 Å². The van der Waals surface area contributed by atoms with Crippen molar-refractivity contribution in [1.82, 2.24) is 5.01 Å². The molecule has 0 saturated heterocycles. The summed E-state index contributed by atoms with van der Waals surface area (Å²) in [7, 11) is 0. The number of thioether (sulfide) groups is 1. The quantitative estimate of drug-likeness (QED) is 0.707. The summed E-state index contributed by atoms with van der Waals surface area (Å²) in [5.41, 5.74) is 0. The van der Waals surface area contributed by atoms with Gasteiger partial charge in [0.05, 0.1) is 18.6 Å². The van der Waals surface area contributed by atoms with E-state index in [1.54, 1.807) is 5.01 Å². The smallest absolute Gasteiger partial charge is 0.282 e. The lowest BCUT2D eigenvalue weighted by molar-refractivity contribution is 0.224. The van der Waals surface area contributed by atoms with Gasteiger partial charge in [-0.1, -0.05) is 11.8 Å². The van der Waals surface area contributed by atoms with Crippen molar-refractivity contribution in [2.45, 2.75) is 18.9 Å². The van der Waals surface area contributed by atoms with E-state index in [-0.39, 0.29) is 23.7 Å². The Balaban J connectivity index is 1.91. The molecule has 0 amide bonds. The molecule has 1 heterocycles. The SMILES string of the molecule is FCC1CC1N1CSC(C(F)F)=N1. The minimum atomic E-state index is -2.49. The zero-order valence-electron chi connectivity index (χ0n) is 6.79. The Morgan fingerprint density at radius 3 is 2.85 bits per heavy atom. The number of hydrazone groups is 1. The zero-order chi connectivity index (χ0) is 9.42. The first-order chi connectivity index (χ1) is 6.22. The van der Waals surface area contributed by atoms with E-state index in [0.29, 0.717) is 5.88 Å². The van der Waals surface area contributed by atoms with E-state index < -0.39 is 6.43 Å². The average molecular weight is 210 g/mol. The van der Waals surface area contributed by atoms with Crippen LogP contribution in [0.2, 0.25) is 0 Å². The van der Waals surface area contributed by atoms with Crippen molar-refractivity contribution in [3.05, 3.63) is 0 Å². The van der Waals surface area contributed by atoms with Crippen LogP contribution in [-0.4, -0.2) is 35.1 Å². The summed E-state index contributed by atoms with van der Waals surface area (Å²) in [6.45, 7) is -0.370. The first-order valence-corrected chi connectivity index (χ1v) is 5.03. The van der Waals surface area contributed by atoms with Crippen LogP contribution >= 0.6 is 11.8 Å². The van der Waals surface area contributed by atoms with Crippen molar-refractivity contribution in [3.8, 4) is 0 Å². The first kappa shape index (κ1) is 9.18. The molecule has 1 fully saturated rings. The predicted molar refractivity (Wildman–Crippen MR) is 45.6 cm³/mol. The monoisotopic (exact) mass is 210 g/mol. The summed E-state index contributed by atoms with van der Waals surface area (Å²) < 4.78 is 36.4. The molecule has 2 unspecified atom stereocenters. The van der Waals surface area contributed by atoms with Crippen LogP contribution in [0.4, 0.5) is 13.2 Å². The van der Waals surface area contributed by atoms with Crippen molar-refractivity contribution >= 4 is 16.8 Å². The molecular formula is C7H9F3N2S. The van der Waals surface area contributed by atoms with E-state index in [0.717, 1.165) is 18.2 Å². The lowest BCUT2D eigenvalue weighted by Crippen LogP contribution is -2.18. The van der Waals surface area contributed by atoms with E-state index in [2.05, 4.69) is 5.10 Å². The van der Waals surface area contributed by atoms with Crippen LogP contribution in [-0.2, 0) is 0 Å². The maximum atomic E-state index is 12.1. The van der Waals surface area contributed by atoms with E-state index in [4.69, 9.17) is 0 Å². The lowest BCUT2D eigenvalue weighted by Gasteiger charge is -2.10. The van der Waals surface area contributed by atoms with Gasteiger partial charge in [-0.2, -0.15) is 5.10 Å². The average Bonchev–Trinajstić information content (AvgIpc) is 2.73. The number of hydrogen-bond acceptors (Lipinski definition) is 3. The van der Waals surface area contributed by atoms with Gasteiger partial charge in [-0.05, 0) is 6.42 Å². The zero-order valence-corrected chi connectivity index (χ0v) is 7.61. The Morgan fingerprint density at radius 2 is 2.38 bits per heavy atom. The van der Waals surface area contributed by atoms with Crippen LogP contribution < -0.4 is 0 Å². The number of hydrogen-bond donors (Lipinski definition) is 0. The molecule has 0 aromatic rings. The Kier molecular flexibility index (Phi) is 2.40. The van der Waals surface area contributed by atoms with Gasteiger partial charge in [-0.15, -0.1) is 0 Å². The topological polar surface area (TPSA) is 15.6 Å². The fourth-order valence-electron chi connectivity index (χ4n) is 1.36. The molecule has 1 aliphatic heterocycles. The second kappa shape index (κ2) is 3.40. The number of alkyl halides is 3. The number of rotatable bonds is 3. The molecule has 0 radical (unpaired) electrons. The fraction of sp³-hybridized carbons (Fsp3) is 0.857. The summed E-state index contributed by atoms with van der Waals surface area (Å²) in [5, 5.41) is 5.19. The molecule has 74 valence electrons. The van der Waals surface area contributed by atoms with Gasteiger partial charge in [-0.25, -0.2) is 8.78 Å². The molecule has 6 heteroatoms. The lowest BCUT2D eigenvalue weighted by atomic mass is 10.4. The number of halogens is 3. The second-order valence-corrected chi connectivity index (χ2v) is 4.13. The third-order valence-electron chi connectivity index (χ3n) is 2.22. The van der Waals surface area contributed by atoms with Crippen molar-refractivity contribution in [2.75, 3.05) is 12.6 Å². The third kappa shape index (κ3) is 1.77. The minimum absolute atomic E-state index is 0.0152. The molecule has 1 aliphatic carbocycles. The highest BCUT2D eigenvalue weighted by Crippen LogP contribution is 2.39. The molecule has 2 atom stereocenters. The Morgan fingerprint density at radius 1 is 1.62 bits per heavy atom. The van der Waals surface area contributed by atoms with Gasteiger partial charge < -0.3 is 0 Å². The van der Waals surface area contributed by atoms with Gasteiger partial charge >= 0.3 is 0 Å². The molecule has 2 aliphatic rings. The van der Waals surface area contributed by atoms with Gasteiger partial charge in [0.15, 0.2) is 5.04 Å². The molecule has 2 rings (SSSR count). The van der Waals surface area contributed by atoms with Crippen molar-refractivity contribution in [1.29, 1.82) is 0 Å². The van der Waals surface area contributed by atoms with Crippen LogP contribution in [0.5, 0.6) is 0 Å². The Labute approximate surface area is 78.2 Å². The van der Waals surface area contributed by atoms with Crippen LogP contribution in [0.25, 0.3) is 0 Å². The maximum absolute atomic E-state index is 12.1. The van der Waals surface area contributed by atoms with Crippen LogP contribution in [0.1, 0.15) is 6.42 Å². The molecule has 0 N–H and O–H groups in total. The predicted octanol–water partition coefficient (Wildman–Crippen LogP) is 1.93. The fourth-order valence-corrected chi connectivity index (χ4v) is 2.16. The Bertz CT molecular complexity index is 234. The van der Waals surface area contributed by atoms with Crippen molar-refractivity contribution in [2.24, 2.45) is 11.0 Å². The van der Waals surface area contributed by atoms with Crippen LogP contribution in [0.15, 0.2) is 5.10 Å². The van der Waals surface area contributed by atoms with Crippen LogP contribution in [0.3, 0.4) is 0 Å².